The monoisotopic (exact) mass is 544 g/mol. The third-order valence-electron chi connectivity index (χ3n) is 7.15. The lowest BCUT2D eigenvalue weighted by atomic mass is 9.89. The van der Waals surface area contributed by atoms with E-state index in [1.165, 1.54) is 0 Å². The van der Waals surface area contributed by atoms with E-state index in [9.17, 15) is 4.79 Å². The zero-order chi connectivity index (χ0) is 28.9. The van der Waals surface area contributed by atoms with Crippen molar-refractivity contribution in [2.75, 3.05) is 28.4 Å². The second kappa shape index (κ2) is 12.0. The number of methoxy groups -OCH3 is 4. The number of benzene rings is 4. The Labute approximate surface area is 241 Å². The molecular weight excluding hydrogens is 512 g/mol. The predicted molar refractivity (Wildman–Crippen MR) is 164 cm³/mol. The van der Waals surface area contributed by atoms with Gasteiger partial charge in [0.2, 0.25) is 0 Å². The van der Waals surface area contributed by atoms with E-state index in [1.54, 1.807) is 41.4 Å². The minimum Gasteiger partial charge on any atom is -0.497 e. The van der Waals surface area contributed by atoms with Gasteiger partial charge in [0.05, 0.1) is 28.4 Å². The van der Waals surface area contributed by atoms with Crippen molar-refractivity contribution in [2.24, 2.45) is 0 Å². The zero-order valence-electron chi connectivity index (χ0n) is 23.9. The first-order valence-electron chi connectivity index (χ1n) is 13.3. The Morgan fingerprint density at radius 3 is 0.902 bits per heavy atom. The maximum atomic E-state index is 12.8. The molecule has 0 radical (unpaired) electrons. The van der Waals surface area contributed by atoms with Crippen LogP contribution in [0.15, 0.2) is 109 Å². The molecule has 0 spiro atoms. The molecule has 1 aliphatic carbocycles. The van der Waals surface area contributed by atoms with Crippen LogP contribution in [0.3, 0.4) is 0 Å². The summed E-state index contributed by atoms with van der Waals surface area (Å²) in [5, 5.41) is 0. The van der Waals surface area contributed by atoms with E-state index in [0.29, 0.717) is 0 Å². The Hall–Kier alpha value is -5.03. The van der Waals surface area contributed by atoms with Crippen LogP contribution in [0.4, 0.5) is 0 Å². The lowest BCUT2D eigenvalue weighted by molar-refractivity contribution is -0.112. The highest BCUT2D eigenvalue weighted by atomic mass is 16.5. The molecular formula is C36H32O5. The van der Waals surface area contributed by atoms with Crippen LogP contribution >= 0.6 is 0 Å². The van der Waals surface area contributed by atoms with Gasteiger partial charge in [-0.25, -0.2) is 0 Å². The number of ketones is 1. The number of carbonyl (C=O) groups is 1. The van der Waals surface area contributed by atoms with Crippen LogP contribution in [0.2, 0.25) is 0 Å². The molecule has 0 N–H and O–H groups in total. The largest absolute Gasteiger partial charge is 0.497 e. The molecule has 41 heavy (non-hydrogen) atoms. The minimum atomic E-state index is -0.0397. The van der Waals surface area contributed by atoms with Crippen molar-refractivity contribution in [1.82, 2.24) is 0 Å². The van der Waals surface area contributed by atoms with Crippen molar-refractivity contribution < 1.29 is 23.7 Å². The quantitative estimate of drug-likeness (QED) is 0.202. The first-order chi connectivity index (χ1) is 20.0. The van der Waals surface area contributed by atoms with Gasteiger partial charge in [-0.1, -0.05) is 48.5 Å². The molecule has 0 heterocycles. The number of hydrogen-bond donors (Lipinski definition) is 0. The molecule has 4 aromatic rings. The van der Waals surface area contributed by atoms with E-state index in [0.717, 1.165) is 73.1 Å². The number of hydrogen-bond acceptors (Lipinski definition) is 5. The van der Waals surface area contributed by atoms with E-state index in [-0.39, 0.29) is 5.78 Å². The van der Waals surface area contributed by atoms with Gasteiger partial charge in [0.15, 0.2) is 5.78 Å². The van der Waals surface area contributed by atoms with Crippen LogP contribution in [-0.2, 0) is 4.79 Å². The van der Waals surface area contributed by atoms with Crippen molar-refractivity contribution in [2.45, 2.75) is 6.92 Å². The summed E-state index contributed by atoms with van der Waals surface area (Å²) in [5.41, 5.74) is 8.75. The van der Waals surface area contributed by atoms with Crippen LogP contribution in [0.1, 0.15) is 29.2 Å². The molecule has 5 rings (SSSR count). The highest BCUT2D eigenvalue weighted by molar-refractivity contribution is 6.35. The summed E-state index contributed by atoms with van der Waals surface area (Å²) < 4.78 is 21.8. The first-order valence-corrected chi connectivity index (χ1v) is 13.3. The maximum Gasteiger partial charge on any atom is 0.153 e. The summed E-state index contributed by atoms with van der Waals surface area (Å²) >= 11 is 0. The third-order valence-corrected chi connectivity index (χ3v) is 7.15. The number of allylic oxidation sites excluding steroid dienone is 6. The fourth-order valence-electron chi connectivity index (χ4n) is 5.20. The molecule has 1 aliphatic rings. The molecule has 0 saturated carbocycles. The van der Waals surface area contributed by atoms with E-state index in [2.05, 4.69) is 24.3 Å². The Kier molecular flexibility index (Phi) is 8.06. The molecule has 4 aromatic carbocycles. The molecule has 0 fully saturated rings. The summed E-state index contributed by atoms with van der Waals surface area (Å²) in [7, 11) is 6.62. The van der Waals surface area contributed by atoms with Crippen LogP contribution in [0.5, 0.6) is 23.0 Å². The lowest BCUT2D eigenvalue weighted by Gasteiger charge is -2.15. The number of ether oxygens (including phenoxy) is 4. The molecule has 0 saturated heterocycles. The molecule has 5 heteroatoms. The smallest absolute Gasteiger partial charge is 0.153 e. The van der Waals surface area contributed by atoms with Gasteiger partial charge in [-0.05, 0) is 112 Å². The van der Waals surface area contributed by atoms with Gasteiger partial charge in [0, 0.05) is 0 Å². The fourth-order valence-corrected chi connectivity index (χ4v) is 5.20. The van der Waals surface area contributed by atoms with Crippen LogP contribution in [-0.4, -0.2) is 34.2 Å². The summed E-state index contributed by atoms with van der Waals surface area (Å²) in [4.78, 5) is 12.8. The molecule has 0 aliphatic heterocycles. The predicted octanol–water partition coefficient (Wildman–Crippen LogP) is 7.77. The molecule has 0 unspecified atom stereocenters. The van der Waals surface area contributed by atoms with E-state index >= 15 is 0 Å². The average molecular weight is 545 g/mol. The molecule has 0 bridgehead atoms. The van der Waals surface area contributed by atoms with Gasteiger partial charge < -0.3 is 18.9 Å². The molecule has 206 valence electrons. The summed E-state index contributed by atoms with van der Waals surface area (Å²) in [6, 6.07) is 32.0. The van der Waals surface area contributed by atoms with Crippen molar-refractivity contribution in [1.29, 1.82) is 0 Å². The normalized spacial score (nSPS) is 12.9. The second-order valence-corrected chi connectivity index (χ2v) is 9.58. The van der Waals surface area contributed by atoms with Gasteiger partial charge in [0.25, 0.3) is 0 Å². The number of rotatable bonds is 9. The minimum absolute atomic E-state index is 0.0397. The van der Waals surface area contributed by atoms with Gasteiger partial charge >= 0.3 is 0 Å². The Morgan fingerprint density at radius 1 is 0.439 bits per heavy atom. The van der Waals surface area contributed by atoms with Crippen LogP contribution in [0.25, 0.3) is 22.3 Å². The summed E-state index contributed by atoms with van der Waals surface area (Å²) in [6.45, 7) is 1.59. The SMILES string of the molecule is COc1ccc(C2=C(c3ccc(OC)cc3)C(c3ccc(OC)cc3)=C(c3ccc(OC)cc3)C2=CC(C)=O)cc1. The lowest BCUT2D eigenvalue weighted by Crippen LogP contribution is -1.96. The molecule has 5 nitrogen and oxygen atoms in total. The van der Waals surface area contributed by atoms with Gasteiger partial charge in [-0.15, -0.1) is 0 Å². The topological polar surface area (TPSA) is 54.0 Å². The summed E-state index contributed by atoms with van der Waals surface area (Å²) in [6.07, 6.45) is 1.74. The first kappa shape index (κ1) is 27.5. The van der Waals surface area contributed by atoms with E-state index in [1.807, 2.05) is 72.8 Å². The van der Waals surface area contributed by atoms with Crippen molar-refractivity contribution in [3.8, 4) is 23.0 Å². The number of carbonyl (C=O) groups excluding carboxylic acids is 1. The molecule has 0 aromatic heterocycles. The van der Waals surface area contributed by atoms with E-state index in [4.69, 9.17) is 18.9 Å². The van der Waals surface area contributed by atoms with Crippen molar-refractivity contribution in [3.63, 3.8) is 0 Å². The Balaban J connectivity index is 1.90. The maximum absolute atomic E-state index is 12.8. The van der Waals surface area contributed by atoms with Crippen LogP contribution < -0.4 is 18.9 Å². The zero-order valence-corrected chi connectivity index (χ0v) is 23.9. The Morgan fingerprint density at radius 2 is 0.683 bits per heavy atom. The van der Waals surface area contributed by atoms with Crippen LogP contribution in [0, 0.1) is 0 Å². The van der Waals surface area contributed by atoms with Gasteiger partial charge in [-0.3, -0.25) is 4.79 Å². The van der Waals surface area contributed by atoms with Crippen molar-refractivity contribution >= 4 is 28.1 Å². The summed E-state index contributed by atoms with van der Waals surface area (Å²) in [5.74, 6) is 3.01. The van der Waals surface area contributed by atoms with Gasteiger partial charge in [-0.2, -0.15) is 0 Å². The third kappa shape index (κ3) is 5.52. The fraction of sp³-hybridized carbons (Fsp3) is 0.139. The van der Waals surface area contributed by atoms with Gasteiger partial charge in [0.1, 0.15) is 23.0 Å². The average Bonchev–Trinajstić information content (AvgIpc) is 3.35. The standard InChI is InChI=1S/C36H32O5/c1-23(37)22-32-33(24-6-14-28(38-2)15-7-24)35(26-10-18-30(40-4)19-11-26)36(27-12-20-31(41-5)21-13-27)34(32)25-8-16-29(39-3)17-9-25/h6-22H,1-5H3. The second-order valence-electron chi connectivity index (χ2n) is 9.58. The molecule has 0 atom stereocenters. The highest BCUT2D eigenvalue weighted by Gasteiger charge is 2.33. The molecule has 0 amide bonds. The Bertz CT molecular complexity index is 1520. The van der Waals surface area contributed by atoms with E-state index < -0.39 is 0 Å². The van der Waals surface area contributed by atoms with Crippen molar-refractivity contribution in [3.05, 3.63) is 131 Å². The highest BCUT2D eigenvalue weighted by Crippen LogP contribution is 2.55.